The van der Waals surface area contributed by atoms with Crippen LogP contribution < -0.4 is 5.32 Å². The Morgan fingerprint density at radius 3 is 2.53 bits per heavy atom. The number of carbonyl (C=O) groups excluding carboxylic acids is 1. The van der Waals surface area contributed by atoms with Gasteiger partial charge in [-0.3, -0.25) is 9.80 Å². The van der Waals surface area contributed by atoms with Crippen LogP contribution in [0.2, 0.25) is 0 Å². The lowest BCUT2D eigenvalue weighted by molar-refractivity contribution is -0.136. The highest BCUT2D eigenvalue weighted by atomic mass is 16.5. The summed E-state index contributed by atoms with van der Waals surface area (Å²) in [6.07, 6.45) is 8.69. The smallest absolute Gasteiger partial charge is 0.353 e. The van der Waals surface area contributed by atoms with Crippen LogP contribution in [0.3, 0.4) is 0 Å². The van der Waals surface area contributed by atoms with Crippen LogP contribution in [0.4, 0.5) is 0 Å². The van der Waals surface area contributed by atoms with Crippen LogP contribution in [0, 0.1) is 5.92 Å². The molecule has 0 aromatic heterocycles. The number of hydrogen-bond donors (Lipinski definition) is 1. The molecule has 30 heavy (non-hydrogen) atoms. The quantitative estimate of drug-likeness (QED) is 0.760. The Labute approximate surface area is 180 Å². The molecule has 0 radical (unpaired) electrons. The van der Waals surface area contributed by atoms with E-state index in [4.69, 9.17) is 4.74 Å². The second-order valence-corrected chi connectivity index (χ2v) is 8.83. The summed E-state index contributed by atoms with van der Waals surface area (Å²) < 4.78 is 4.86. The van der Waals surface area contributed by atoms with Gasteiger partial charge in [-0.25, -0.2) is 4.79 Å². The fraction of sp³-hybridized carbons (Fsp3) is 0.480. The maximum Gasteiger partial charge on any atom is 0.353 e. The Morgan fingerprint density at radius 2 is 1.87 bits per heavy atom. The maximum atomic E-state index is 11.8. The zero-order chi connectivity index (χ0) is 21.3. The van der Waals surface area contributed by atoms with Gasteiger partial charge in [0.1, 0.15) is 5.70 Å². The summed E-state index contributed by atoms with van der Waals surface area (Å²) in [4.78, 5) is 17.1. The van der Waals surface area contributed by atoms with E-state index in [9.17, 15) is 4.79 Å². The molecule has 1 fully saturated rings. The number of methoxy groups -OCH3 is 1. The Balaban J connectivity index is 1.40. The van der Waals surface area contributed by atoms with Gasteiger partial charge >= 0.3 is 5.97 Å². The molecule has 5 atom stereocenters. The lowest BCUT2D eigenvalue weighted by Gasteiger charge is -2.47. The van der Waals surface area contributed by atoms with Gasteiger partial charge in [-0.05, 0) is 38.0 Å². The van der Waals surface area contributed by atoms with E-state index in [1.165, 1.54) is 18.2 Å². The summed E-state index contributed by atoms with van der Waals surface area (Å²) in [5.41, 5.74) is 3.26. The first-order chi connectivity index (χ1) is 14.5. The number of piperazine rings is 1. The van der Waals surface area contributed by atoms with Crippen LogP contribution in [-0.4, -0.2) is 60.1 Å². The highest BCUT2D eigenvalue weighted by Gasteiger charge is 2.34. The van der Waals surface area contributed by atoms with Crippen LogP contribution >= 0.6 is 0 Å². The van der Waals surface area contributed by atoms with E-state index >= 15 is 0 Å². The molecule has 0 saturated carbocycles. The average Bonchev–Trinajstić information content (AvgIpc) is 3.19. The molecule has 5 nitrogen and oxygen atoms in total. The van der Waals surface area contributed by atoms with E-state index in [1.807, 2.05) is 6.08 Å². The van der Waals surface area contributed by atoms with Gasteiger partial charge in [0, 0.05) is 43.7 Å². The number of benzene rings is 1. The molecule has 2 aliphatic heterocycles. The molecular weight excluding hydrogens is 374 g/mol. The monoisotopic (exact) mass is 407 g/mol. The van der Waals surface area contributed by atoms with Crippen molar-refractivity contribution in [1.82, 2.24) is 15.1 Å². The number of fused-ring (bicyclic) bond motifs is 1. The van der Waals surface area contributed by atoms with Crippen molar-refractivity contribution in [3.05, 3.63) is 71.5 Å². The van der Waals surface area contributed by atoms with Crippen molar-refractivity contribution >= 4 is 5.97 Å². The van der Waals surface area contributed by atoms with Crippen LogP contribution in [0.5, 0.6) is 0 Å². The van der Waals surface area contributed by atoms with Crippen LogP contribution in [-0.2, 0) is 16.1 Å². The van der Waals surface area contributed by atoms with Crippen molar-refractivity contribution in [3.8, 4) is 0 Å². The number of nitrogens with one attached hydrogen (secondary N) is 1. The summed E-state index contributed by atoms with van der Waals surface area (Å²) in [5, 5.41) is 3.32. The highest BCUT2D eigenvalue weighted by Crippen LogP contribution is 2.29. The SMILES string of the molecule is COC(=O)C1=CC2C=CC(C(C)N3C[C@@H](C)N(Cc4ccccc4)[C@@H](C)C3)=CC2N1. The summed E-state index contributed by atoms with van der Waals surface area (Å²) >= 11 is 0. The van der Waals surface area contributed by atoms with Crippen LogP contribution in [0.25, 0.3) is 0 Å². The Morgan fingerprint density at radius 1 is 1.17 bits per heavy atom. The van der Waals surface area contributed by atoms with Gasteiger partial charge in [-0.1, -0.05) is 48.6 Å². The second kappa shape index (κ2) is 8.78. The van der Waals surface area contributed by atoms with E-state index in [1.54, 1.807) is 0 Å². The average molecular weight is 408 g/mol. The fourth-order valence-corrected chi connectivity index (χ4v) is 4.98. The van der Waals surface area contributed by atoms with E-state index in [-0.39, 0.29) is 17.9 Å². The molecule has 4 rings (SSSR count). The third-order valence-corrected chi connectivity index (χ3v) is 6.75. The first kappa shape index (κ1) is 20.9. The minimum absolute atomic E-state index is 0.135. The summed E-state index contributed by atoms with van der Waals surface area (Å²) in [7, 11) is 1.42. The molecule has 1 saturated heterocycles. The van der Waals surface area contributed by atoms with Crippen LogP contribution in [0.1, 0.15) is 26.3 Å². The van der Waals surface area contributed by atoms with Gasteiger partial charge in [0.25, 0.3) is 0 Å². The van der Waals surface area contributed by atoms with Crippen molar-refractivity contribution in [2.75, 3.05) is 20.2 Å². The molecule has 0 spiro atoms. The van der Waals surface area contributed by atoms with Crippen molar-refractivity contribution in [2.24, 2.45) is 5.92 Å². The van der Waals surface area contributed by atoms with E-state index in [2.05, 4.69) is 84.4 Å². The molecule has 0 bridgehead atoms. The molecule has 2 heterocycles. The minimum atomic E-state index is -0.294. The number of hydrogen-bond acceptors (Lipinski definition) is 5. The number of esters is 1. The van der Waals surface area contributed by atoms with Gasteiger partial charge in [0.2, 0.25) is 0 Å². The molecule has 3 unspecified atom stereocenters. The molecular formula is C25H33N3O2. The predicted octanol–water partition coefficient (Wildman–Crippen LogP) is 3.11. The summed E-state index contributed by atoms with van der Waals surface area (Å²) in [6.45, 7) is 10.1. The molecule has 5 heteroatoms. The van der Waals surface area contributed by atoms with Crippen LogP contribution in [0.15, 0.2) is 65.9 Å². The molecule has 0 amide bonds. The van der Waals surface area contributed by atoms with Gasteiger partial charge < -0.3 is 10.1 Å². The van der Waals surface area contributed by atoms with E-state index < -0.39 is 0 Å². The van der Waals surface area contributed by atoms with E-state index in [0.29, 0.717) is 23.8 Å². The van der Waals surface area contributed by atoms with Crippen molar-refractivity contribution in [1.29, 1.82) is 0 Å². The fourth-order valence-electron chi connectivity index (χ4n) is 4.98. The molecule has 1 aromatic carbocycles. The first-order valence-corrected chi connectivity index (χ1v) is 11.0. The Kier molecular flexibility index (Phi) is 6.11. The standard InChI is InChI=1S/C25H33N3O2/c1-17-14-27(15-18(2)28(17)16-20-8-6-5-7-9-20)19(3)21-10-11-22-13-24(25(29)30-4)26-23(22)12-21/h5-13,17-19,22-23,26H,14-16H2,1-4H3/t17-,18+,19?,22?,23?. The lowest BCUT2D eigenvalue weighted by Crippen LogP contribution is -2.58. The zero-order valence-electron chi connectivity index (χ0n) is 18.4. The minimum Gasteiger partial charge on any atom is -0.464 e. The summed E-state index contributed by atoms with van der Waals surface area (Å²) in [5.74, 6) is -0.0754. The maximum absolute atomic E-state index is 11.8. The molecule has 1 N–H and O–H groups in total. The lowest BCUT2D eigenvalue weighted by atomic mass is 9.90. The molecule has 1 aliphatic carbocycles. The normalized spacial score (nSPS) is 30.1. The Hall–Kier alpha value is -2.37. The summed E-state index contributed by atoms with van der Waals surface area (Å²) in [6, 6.07) is 12.2. The number of carbonyl (C=O) groups is 1. The third kappa shape index (κ3) is 4.23. The molecule has 1 aromatic rings. The second-order valence-electron chi connectivity index (χ2n) is 8.83. The van der Waals surface area contributed by atoms with E-state index in [0.717, 1.165) is 19.6 Å². The highest BCUT2D eigenvalue weighted by molar-refractivity contribution is 5.88. The largest absolute Gasteiger partial charge is 0.464 e. The van der Waals surface area contributed by atoms with Gasteiger partial charge in [0.05, 0.1) is 13.2 Å². The number of rotatable bonds is 5. The number of ether oxygens (including phenoxy) is 1. The molecule has 3 aliphatic rings. The van der Waals surface area contributed by atoms with Crippen molar-refractivity contribution in [2.45, 2.75) is 51.5 Å². The Bertz CT molecular complexity index is 848. The zero-order valence-corrected chi connectivity index (χ0v) is 18.4. The third-order valence-electron chi connectivity index (χ3n) is 6.75. The van der Waals surface area contributed by atoms with Crippen molar-refractivity contribution in [3.63, 3.8) is 0 Å². The van der Waals surface area contributed by atoms with Gasteiger partial charge in [-0.15, -0.1) is 0 Å². The van der Waals surface area contributed by atoms with Gasteiger partial charge in [-0.2, -0.15) is 0 Å². The predicted molar refractivity (Wildman–Crippen MR) is 120 cm³/mol. The molecule has 160 valence electrons. The topological polar surface area (TPSA) is 44.8 Å². The number of nitrogens with zero attached hydrogens (tertiary/aromatic N) is 2. The first-order valence-electron chi connectivity index (χ1n) is 11.0. The van der Waals surface area contributed by atoms with Crippen molar-refractivity contribution < 1.29 is 9.53 Å². The van der Waals surface area contributed by atoms with Gasteiger partial charge in [0.15, 0.2) is 0 Å².